The van der Waals surface area contributed by atoms with E-state index >= 15 is 0 Å². The van der Waals surface area contributed by atoms with Gasteiger partial charge in [-0.05, 0) is 86.3 Å². The maximum absolute atomic E-state index is 12.3. The number of ether oxygens (including phenoxy) is 2. The van der Waals surface area contributed by atoms with Crippen LogP contribution >= 0.6 is 0 Å². The van der Waals surface area contributed by atoms with Gasteiger partial charge in [-0.15, -0.1) is 0 Å². The van der Waals surface area contributed by atoms with Crippen LogP contribution in [0, 0.1) is 0 Å². The van der Waals surface area contributed by atoms with Gasteiger partial charge in [0.25, 0.3) is 0 Å². The second-order valence-corrected chi connectivity index (χ2v) is 12.1. The summed E-state index contributed by atoms with van der Waals surface area (Å²) in [6.07, 6.45) is 6.82. The molecule has 0 spiro atoms. The first-order chi connectivity index (χ1) is 20.3. The van der Waals surface area contributed by atoms with Crippen LogP contribution < -0.4 is 15.2 Å². The highest BCUT2D eigenvalue weighted by molar-refractivity contribution is 6.01. The third-order valence-electron chi connectivity index (χ3n) is 9.00. The number of phenolic OH excluding ortho intramolecular Hbond substituents is 1. The first kappa shape index (κ1) is 28.2. The minimum Gasteiger partial charge on any atom is -0.508 e. The highest BCUT2D eigenvalue weighted by Crippen LogP contribution is 2.50. The van der Waals surface area contributed by atoms with E-state index in [1.165, 1.54) is 41.5 Å². The monoisotopic (exact) mass is 567 g/mol. The zero-order valence-electron chi connectivity index (χ0n) is 24.9. The predicted molar refractivity (Wildman–Crippen MR) is 167 cm³/mol. The van der Waals surface area contributed by atoms with Crippen LogP contribution in [0.5, 0.6) is 17.2 Å². The summed E-state index contributed by atoms with van der Waals surface area (Å²) in [6, 6.07) is 17.7. The minimum atomic E-state index is -0.415. The average molecular weight is 568 g/mol. The molecule has 1 saturated carbocycles. The molecule has 220 valence electrons. The van der Waals surface area contributed by atoms with Crippen molar-refractivity contribution in [3.63, 3.8) is 0 Å². The van der Waals surface area contributed by atoms with Crippen LogP contribution in [0.25, 0.3) is 22.2 Å². The number of aromatic nitrogens is 1. The summed E-state index contributed by atoms with van der Waals surface area (Å²) in [7, 11) is 5.92. The van der Waals surface area contributed by atoms with Crippen LogP contribution in [0.15, 0.2) is 54.6 Å². The topological polar surface area (TPSA) is 90.0 Å². The molecule has 7 heteroatoms. The van der Waals surface area contributed by atoms with Crippen molar-refractivity contribution < 1.29 is 19.4 Å². The van der Waals surface area contributed by atoms with Gasteiger partial charge >= 0.3 is 0 Å². The number of rotatable bonds is 8. The van der Waals surface area contributed by atoms with E-state index in [4.69, 9.17) is 15.2 Å². The molecule has 0 radical (unpaired) electrons. The molecule has 1 aliphatic heterocycles. The second kappa shape index (κ2) is 11.7. The summed E-state index contributed by atoms with van der Waals surface area (Å²) in [5.41, 5.74) is 13.4. The summed E-state index contributed by atoms with van der Waals surface area (Å²) in [4.78, 5) is 14.5. The van der Waals surface area contributed by atoms with E-state index in [1.54, 1.807) is 19.2 Å². The van der Waals surface area contributed by atoms with E-state index in [0.717, 1.165) is 53.9 Å². The standard InChI is InChI=1S/C35H41N3O4/c1-37(2)21-25(17-22-9-12-26(39)13-10-22)29-19-27(41-3)20-31-33(29)34-32(23-7-5-4-6-8-23)28-14-11-24(35(36)40)18-30(28)38(34)15-16-42-31/h9-14,18-20,23,25,39H,4-8,15-17,21H2,1-3H3,(H2,36,40)/t25-/m1/s1. The van der Waals surface area contributed by atoms with Gasteiger partial charge in [0, 0.05) is 40.6 Å². The number of nitrogens with two attached hydrogens (primary N) is 1. The molecule has 6 rings (SSSR count). The molecule has 1 aliphatic carbocycles. The van der Waals surface area contributed by atoms with Gasteiger partial charge in [0.1, 0.15) is 23.9 Å². The first-order valence-corrected chi connectivity index (χ1v) is 15.1. The van der Waals surface area contributed by atoms with Gasteiger partial charge in [0.15, 0.2) is 0 Å². The smallest absolute Gasteiger partial charge is 0.248 e. The van der Waals surface area contributed by atoms with Crippen molar-refractivity contribution in [3.05, 3.63) is 76.9 Å². The van der Waals surface area contributed by atoms with Crippen LogP contribution in [0.3, 0.4) is 0 Å². The molecule has 2 aliphatic rings. The van der Waals surface area contributed by atoms with Gasteiger partial charge in [0.05, 0.1) is 19.3 Å². The normalized spacial score (nSPS) is 16.0. The zero-order chi connectivity index (χ0) is 29.4. The fourth-order valence-electron chi connectivity index (χ4n) is 7.13. The third-order valence-corrected chi connectivity index (χ3v) is 9.00. The number of phenols is 1. The van der Waals surface area contributed by atoms with Crippen molar-refractivity contribution in [2.45, 2.75) is 56.9 Å². The molecule has 1 aromatic heterocycles. The van der Waals surface area contributed by atoms with Gasteiger partial charge in [-0.3, -0.25) is 4.79 Å². The lowest BCUT2D eigenvalue weighted by Crippen LogP contribution is -2.23. The molecule has 7 nitrogen and oxygen atoms in total. The maximum atomic E-state index is 12.3. The van der Waals surface area contributed by atoms with Crippen LogP contribution in [-0.4, -0.2) is 54.8 Å². The number of hydrogen-bond donors (Lipinski definition) is 2. The fraction of sp³-hybridized carbons (Fsp3) is 0.400. The minimum absolute atomic E-state index is 0.127. The van der Waals surface area contributed by atoms with Crippen molar-refractivity contribution in [1.82, 2.24) is 9.47 Å². The molecule has 3 N–H and O–H groups in total. The molecule has 0 saturated heterocycles. The lowest BCUT2D eigenvalue weighted by atomic mass is 9.79. The Morgan fingerprint density at radius 3 is 2.55 bits per heavy atom. The van der Waals surface area contributed by atoms with Crippen LogP contribution in [0.2, 0.25) is 0 Å². The van der Waals surface area contributed by atoms with Crippen molar-refractivity contribution in [3.8, 4) is 28.5 Å². The number of nitrogens with zero attached hydrogens (tertiary/aromatic N) is 2. The Morgan fingerprint density at radius 2 is 1.86 bits per heavy atom. The van der Waals surface area contributed by atoms with Crippen LogP contribution in [0.4, 0.5) is 0 Å². The largest absolute Gasteiger partial charge is 0.508 e. The number of fused-ring (bicyclic) bond motifs is 5. The van der Waals surface area contributed by atoms with Gasteiger partial charge in [-0.1, -0.05) is 37.5 Å². The molecule has 4 aromatic rings. The Balaban J connectivity index is 1.64. The van der Waals surface area contributed by atoms with E-state index in [-0.39, 0.29) is 11.7 Å². The molecule has 0 unspecified atom stereocenters. The molecular formula is C35H41N3O4. The van der Waals surface area contributed by atoms with Crippen LogP contribution in [-0.2, 0) is 13.0 Å². The Kier molecular flexibility index (Phi) is 7.86. The summed E-state index contributed by atoms with van der Waals surface area (Å²) in [5, 5.41) is 11.1. The highest BCUT2D eigenvalue weighted by Gasteiger charge is 2.33. The van der Waals surface area contributed by atoms with Crippen molar-refractivity contribution >= 4 is 16.8 Å². The van der Waals surface area contributed by atoms with Crippen LogP contribution in [0.1, 0.15) is 71.0 Å². The Hall–Kier alpha value is -3.97. The number of hydrogen-bond acceptors (Lipinski definition) is 5. The fourth-order valence-corrected chi connectivity index (χ4v) is 7.13. The number of amides is 1. The van der Waals surface area contributed by atoms with Gasteiger partial charge in [-0.25, -0.2) is 0 Å². The Morgan fingerprint density at radius 1 is 1.10 bits per heavy atom. The second-order valence-electron chi connectivity index (χ2n) is 12.1. The number of aromatic hydroxyl groups is 1. The van der Waals surface area contributed by atoms with E-state index < -0.39 is 5.91 Å². The SMILES string of the molecule is COc1cc2c(c([C@H](Cc3ccc(O)cc3)CN(C)C)c1)-c1c(C3CCCCC3)c3ccc(C(N)=O)cc3n1CCO2. The highest BCUT2D eigenvalue weighted by atomic mass is 16.5. The summed E-state index contributed by atoms with van der Waals surface area (Å²) >= 11 is 0. The van der Waals surface area contributed by atoms with E-state index in [9.17, 15) is 9.90 Å². The zero-order valence-corrected chi connectivity index (χ0v) is 24.9. The number of carbonyl (C=O) groups is 1. The quantitative estimate of drug-likeness (QED) is 0.255. The number of benzene rings is 3. The molecular weight excluding hydrogens is 526 g/mol. The molecule has 1 amide bonds. The summed E-state index contributed by atoms with van der Waals surface area (Å²) in [6.45, 7) is 2.01. The number of carbonyl (C=O) groups excluding carboxylic acids is 1. The number of likely N-dealkylation sites (N-methyl/N-ethyl adjacent to an activating group) is 1. The Labute approximate surface area is 247 Å². The first-order valence-electron chi connectivity index (χ1n) is 15.1. The van der Waals surface area contributed by atoms with Crippen molar-refractivity contribution in [2.75, 3.05) is 34.4 Å². The average Bonchev–Trinajstić information content (AvgIpc) is 3.18. The molecule has 1 atom stereocenters. The van der Waals surface area contributed by atoms with Crippen molar-refractivity contribution in [2.24, 2.45) is 5.73 Å². The van der Waals surface area contributed by atoms with Crippen molar-refractivity contribution in [1.29, 1.82) is 0 Å². The molecule has 3 aromatic carbocycles. The number of primary amides is 1. The number of methoxy groups -OCH3 is 1. The Bertz CT molecular complexity index is 1600. The van der Waals surface area contributed by atoms with Gasteiger partial charge < -0.3 is 29.8 Å². The molecule has 0 bridgehead atoms. The van der Waals surface area contributed by atoms with E-state index in [1.807, 2.05) is 30.3 Å². The third kappa shape index (κ3) is 5.34. The maximum Gasteiger partial charge on any atom is 0.248 e. The van der Waals surface area contributed by atoms with E-state index in [0.29, 0.717) is 24.6 Å². The summed E-state index contributed by atoms with van der Waals surface area (Å²) < 4.78 is 14.7. The summed E-state index contributed by atoms with van der Waals surface area (Å²) in [5.74, 6) is 2.03. The van der Waals surface area contributed by atoms with E-state index in [2.05, 4.69) is 35.7 Å². The molecule has 2 heterocycles. The lowest BCUT2D eigenvalue weighted by Gasteiger charge is -2.28. The lowest BCUT2D eigenvalue weighted by molar-refractivity contribution is 0.100. The molecule has 42 heavy (non-hydrogen) atoms. The predicted octanol–water partition coefficient (Wildman–Crippen LogP) is 6.45. The van der Waals surface area contributed by atoms with Gasteiger partial charge in [-0.2, -0.15) is 0 Å². The van der Waals surface area contributed by atoms with Gasteiger partial charge in [0.2, 0.25) is 5.91 Å². The molecule has 1 fully saturated rings.